The molecule has 1 N–H and O–H groups in total. The maximum absolute atomic E-state index is 11.8. The van der Waals surface area contributed by atoms with Gasteiger partial charge >= 0.3 is 0 Å². The molecule has 0 aromatic heterocycles. The van der Waals surface area contributed by atoms with E-state index < -0.39 is 0 Å². The number of nitrogens with one attached hydrogen (secondary N) is 1. The number of hydrogen-bond acceptors (Lipinski definition) is 1. The number of rotatable bonds is 6. The summed E-state index contributed by atoms with van der Waals surface area (Å²) in [6, 6.07) is 14.4. The second-order valence-corrected chi connectivity index (χ2v) is 4.92. The van der Waals surface area contributed by atoms with Crippen LogP contribution in [-0.4, -0.2) is 12.5 Å². The Bertz CT molecular complexity index is 548. The molecule has 0 aliphatic carbocycles. The molecular weight excluding hydrogens is 234 g/mol. The van der Waals surface area contributed by atoms with Crippen LogP contribution in [0.4, 0.5) is 0 Å². The van der Waals surface area contributed by atoms with Gasteiger partial charge in [0.1, 0.15) is 0 Å². The van der Waals surface area contributed by atoms with Gasteiger partial charge in [-0.05, 0) is 22.8 Å². The molecule has 2 heteroatoms. The molecule has 0 atom stereocenters. The van der Waals surface area contributed by atoms with E-state index in [0.717, 1.165) is 18.5 Å². The second kappa shape index (κ2) is 6.93. The van der Waals surface area contributed by atoms with Gasteiger partial charge in [-0.2, -0.15) is 0 Å². The van der Waals surface area contributed by atoms with Crippen LogP contribution >= 0.6 is 0 Å². The lowest BCUT2D eigenvalue weighted by Crippen LogP contribution is -2.26. The number of unbranched alkanes of at least 4 members (excludes halogenated alkanes) is 2. The van der Waals surface area contributed by atoms with Gasteiger partial charge in [0.05, 0.1) is 6.42 Å². The fourth-order valence-corrected chi connectivity index (χ4v) is 2.20. The van der Waals surface area contributed by atoms with Gasteiger partial charge in [0, 0.05) is 6.54 Å². The lowest BCUT2D eigenvalue weighted by molar-refractivity contribution is -0.120. The van der Waals surface area contributed by atoms with Gasteiger partial charge in [-0.25, -0.2) is 0 Å². The molecule has 2 nitrogen and oxygen atoms in total. The standard InChI is InChI=1S/C17H21NO/c1-2-3-6-11-18-17(19)13-14-9-10-15-7-4-5-8-16(15)12-14/h4-5,7-10,12H,2-3,6,11,13H2,1H3,(H,18,19). The van der Waals surface area contributed by atoms with Gasteiger partial charge in [0.15, 0.2) is 0 Å². The van der Waals surface area contributed by atoms with E-state index in [0.29, 0.717) is 6.42 Å². The van der Waals surface area contributed by atoms with Crippen LogP contribution in [0.2, 0.25) is 0 Å². The van der Waals surface area contributed by atoms with Crippen LogP contribution in [0.3, 0.4) is 0 Å². The zero-order valence-corrected chi connectivity index (χ0v) is 11.5. The summed E-state index contributed by atoms with van der Waals surface area (Å²) in [7, 11) is 0. The molecule has 100 valence electrons. The van der Waals surface area contributed by atoms with Crippen LogP contribution in [0, 0.1) is 0 Å². The normalized spacial score (nSPS) is 10.6. The molecule has 0 bridgehead atoms. The zero-order valence-electron chi connectivity index (χ0n) is 11.5. The number of amides is 1. The number of benzene rings is 2. The van der Waals surface area contributed by atoms with Crippen molar-refractivity contribution in [3.05, 3.63) is 48.0 Å². The third-order valence-corrected chi connectivity index (χ3v) is 3.28. The molecule has 0 saturated heterocycles. The molecular formula is C17H21NO. The first-order valence-corrected chi connectivity index (χ1v) is 7.04. The third-order valence-electron chi connectivity index (χ3n) is 3.28. The van der Waals surface area contributed by atoms with Crippen LogP contribution in [0.25, 0.3) is 10.8 Å². The first-order chi connectivity index (χ1) is 9.29. The highest BCUT2D eigenvalue weighted by Gasteiger charge is 2.03. The van der Waals surface area contributed by atoms with E-state index in [2.05, 4.69) is 36.5 Å². The molecule has 2 aromatic rings. The predicted octanol–water partition coefficient (Wildman–Crippen LogP) is 3.69. The predicted molar refractivity (Wildman–Crippen MR) is 80.2 cm³/mol. The molecule has 0 fully saturated rings. The van der Waals surface area contributed by atoms with E-state index >= 15 is 0 Å². The highest BCUT2D eigenvalue weighted by Crippen LogP contribution is 2.15. The monoisotopic (exact) mass is 255 g/mol. The minimum absolute atomic E-state index is 0.117. The Kier molecular flexibility index (Phi) is 4.96. The highest BCUT2D eigenvalue weighted by molar-refractivity contribution is 5.85. The van der Waals surface area contributed by atoms with Crippen LogP contribution in [0.5, 0.6) is 0 Å². The average Bonchev–Trinajstić information content (AvgIpc) is 2.43. The Labute approximate surface area is 114 Å². The SMILES string of the molecule is CCCCCNC(=O)Cc1ccc2ccccc2c1. The van der Waals surface area contributed by atoms with Crippen LogP contribution in [0.1, 0.15) is 31.7 Å². The van der Waals surface area contributed by atoms with Crippen LogP contribution in [0.15, 0.2) is 42.5 Å². The molecule has 0 aliphatic heterocycles. The number of hydrogen-bond donors (Lipinski definition) is 1. The van der Waals surface area contributed by atoms with Gasteiger partial charge in [-0.15, -0.1) is 0 Å². The molecule has 0 aliphatic rings. The maximum Gasteiger partial charge on any atom is 0.224 e. The lowest BCUT2D eigenvalue weighted by atomic mass is 10.0. The van der Waals surface area contributed by atoms with Crippen molar-refractivity contribution in [2.24, 2.45) is 0 Å². The van der Waals surface area contributed by atoms with Crippen molar-refractivity contribution in [3.8, 4) is 0 Å². The Hall–Kier alpha value is -1.83. The fourth-order valence-electron chi connectivity index (χ4n) is 2.20. The quantitative estimate of drug-likeness (QED) is 0.784. The molecule has 0 heterocycles. The van der Waals surface area contributed by atoms with Gasteiger partial charge in [0.2, 0.25) is 5.91 Å². The molecule has 2 rings (SSSR count). The minimum Gasteiger partial charge on any atom is -0.356 e. The summed E-state index contributed by atoms with van der Waals surface area (Å²) in [5, 5.41) is 5.39. The zero-order chi connectivity index (χ0) is 13.5. The van der Waals surface area contributed by atoms with Crippen molar-refractivity contribution in [2.45, 2.75) is 32.6 Å². The summed E-state index contributed by atoms with van der Waals surface area (Å²) < 4.78 is 0. The summed E-state index contributed by atoms with van der Waals surface area (Å²) in [4.78, 5) is 11.8. The first-order valence-electron chi connectivity index (χ1n) is 7.04. The van der Waals surface area contributed by atoms with E-state index in [1.54, 1.807) is 0 Å². The Morgan fingerprint density at radius 2 is 1.84 bits per heavy atom. The summed E-state index contributed by atoms with van der Waals surface area (Å²) in [5.41, 5.74) is 1.08. The van der Waals surface area contributed by atoms with Gasteiger partial charge < -0.3 is 5.32 Å². The minimum atomic E-state index is 0.117. The first kappa shape index (κ1) is 13.6. The summed E-state index contributed by atoms with van der Waals surface area (Å²) >= 11 is 0. The van der Waals surface area contributed by atoms with Gasteiger partial charge in [0.25, 0.3) is 0 Å². The largest absolute Gasteiger partial charge is 0.356 e. The number of carbonyl (C=O) groups is 1. The molecule has 2 aromatic carbocycles. The Morgan fingerprint density at radius 3 is 2.63 bits per heavy atom. The molecule has 19 heavy (non-hydrogen) atoms. The van der Waals surface area contributed by atoms with Crippen molar-refractivity contribution in [1.82, 2.24) is 5.32 Å². The second-order valence-electron chi connectivity index (χ2n) is 4.92. The van der Waals surface area contributed by atoms with E-state index in [1.807, 2.05) is 18.2 Å². The third kappa shape index (κ3) is 4.09. The Morgan fingerprint density at radius 1 is 1.05 bits per heavy atom. The molecule has 0 radical (unpaired) electrons. The van der Waals surface area contributed by atoms with Gasteiger partial charge in [-0.1, -0.05) is 62.2 Å². The van der Waals surface area contributed by atoms with E-state index in [4.69, 9.17) is 0 Å². The topological polar surface area (TPSA) is 29.1 Å². The van der Waals surface area contributed by atoms with Crippen molar-refractivity contribution in [1.29, 1.82) is 0 Å². The lowest BCUT2D eigenvalue weighted by Gasteiger charge is -2.06. The molecule has 0 spiro atoms. The summed E-state index contributed by atoms with van der Waals surface area (Å²) in [5.74, 6) is 0.117. The van der Waals surface area contributed by atoms with Crippen molar-refractivity contribution in [2.75, 3.05) is 6.54 Å². The van der Waals surface area contributed by atoms with E-state index in [1.165, 1.54) is 23.6 Å². The number of carbonyl (C=O) groups excluding carboxylic acids is 1. The van der Waals surface area contributed by atoms with E-state index in [-0.39, 0.29) is 5.91 Å². The number of fused-ring (bicyclic) bond motifs is 1. The summed E-state index contributed by atoms with van der Waals surface area (Å²) in [6.45, 7) is 2.96. The fraction of sp³-hybridized carbons (Fsp3) is 0.353. The van der Waals surface area contributed by atoms with E-state index in [9.17, 15) is 4.79 Å². The molecule has 0 saturated carbocycles. The highest BCUT2D eigenvalue weighted by atomic mass is 16.1. The smallest absolute Gasteiger partial charge is 0.224 e. The van der Waals surface area contributed by atoms with Gasteiger partial charge in [-0.3, -0.25) is 4.79 Å². The van der Waals surface area contributed by atoms with Crippen LogP contribution < -0.4 is 5.32 Å². The Balaban J connectivity index is 1.91. The average molecular weight is 255 g/mol. The van der Waals surface area contributed by atoms with Crippen molar-refractivity contribution >= 4 is 16.7 Å². The maximum atomic E-state index is 11.8. The van der Waals surface area contributed by atoms with Crippen molar-refractivity contribution < 1.29 is 4.79 Å². The van der Waals surface area contributed by atoms with Crippen LogP contribution in [-0.2, 0) is 11.2 Å². The molecule has 1 amide bonds. The molecule has 0 unspecified atom stereocenters. The van der Waals surface area contributed by atoms with Crippen molar-refractivity contribution in [3.63, 3.8) is 0 Å². The summed E-state index contributed by atoms with van der Waals surface area (Å²) in [6.07, 6.45) is 3.90.